The lowest BCUT2D eigenvalue weighted by molar-refractivity contribution is 0.0648. The Morgan fingerprint density at radius 1 is 0.974 bits per heavy atom. The Morgan fingerprint density at radius 2 is 1.76 bits per heavy atom. The van der Waals surface area contributed by atoms with Crippen molar-refractivity contribution >= 4 is 16.8 Å². The highest BCUT2D eigenvalue weighted by Crippen LogP contribution is 2.30. The fourth-order valence-corrected chi connectivity index (χ4v) is 4.49. The Labute approximate surface area is 219 Å². The Bertz CT molecular complexity index is 1640. The number of rotatable bonds is 8. The minimum Gasteiger partial charge on any atom is -0.497 e. The smallest absolute Gasteiger partial charge is 0.266 e. The number of fused-ring (bicyclic) bond motifs is 1. The molecule has 0 bridgehead atoms. The van der Waals surface area contributed by atoms with Gasteiger partial charge in [0.2, 0.25) is 0 Å². The average Bonchev–Trinajstić information content (AvgIpc) is 3.48. The summed E-state index contributed by atoms with van der Waals surface area (Å²) in [5.74, 6) is 1.80. The molecule has 0 aliphatic heterocycles. The lowest BCUT2D eigenvalue weighted by Gasteiger charge is -2.30. The van der Waals surface area contributed by atoms with Gasteiger partial charge in [-0.2, -0.15) is 0 Å². The van der Waals surface area contributed by atoms with E-state index in [1.807, 2.05) is 25.1 Å². The van der Waals surface area contributed by atoms with Crippen molar-refractivity contribution in [3.8, 4) is 17.2 Å². The molecule has 1 unspecified atom stereocenters. The van der Waals surface area contributed by atoms with Crippen molar-refractivity contribution in [2.45, 2.75) is 19.5 Å². The largest absolute Gasteiger partial charge is 0.497 e. The zero-order valence-electron chi connectivity index (χ0n) is 21.3. The number of carbonyl (C=O) groups excluding carboxylic acids is 1. The van der Waals surface area contributed by atoms with Crippen LogP contribution in [0.1, 0.15) is 34.9 Å². The summed E-state index contributed by atoms with van der Waals surface area (Å²) in [5.41, 5.74) is 1.26. The van der Waals surface area contributed by atoms with Crippen LogP contribution in [-0.4, -0.2) is 34.6 Å². The SMILES string of the molecule is COc1cccc(C(=O)N(Cc2ccco2)C(C)c2nc3ccccc3c(=O)n2-c2ccccc2OC)c1. The summed E-state index contributed by atoms with van der Waals surface area (Å²) in [6.07, 6.45) is 1.56. The predicted octanol–water partition coefficient (Wildman–Crippen LogP) is 5.40. The fourth-order valence-electron chi connectivity index (χ4n) is 4.49. The van der Waals surface area contributed by atoms with Crippen LogP contribution in [0.3, 0.4) is 0 Å². The van der Waals surface area contributed by atoms with Gasteiger partial charge in [0.05, 0.1) is 49.7 Å². The first-order valence-corrected chi connectivity index (χ1v) is 12.1. The van der Waals surface area contributed by atoms with E-state index in [0.29, 0.717) is 45.2 Å². The van der Waals surface area contributed by atoms with Gasteiger partial charge in [0, 0.05) is 5.56 Å². The molecular formula is C30H27N3O5. The van der Waals surface area contributed by atoms with Gasteiger partial charge in [-0.05, 0) is 61.5 Å². The molecule has 0 radical (unpaired) electrons. The summed E-state index contributed by atoms with van der Waals surface area (Å²) in [6.45, 7) is 2.02. The molecule has 8 heteroatoms. The van der Waals surface area contributed by atoms with Crippen LogP contribution in [0, 0.1) is 0 Å². The molecule has 0 spiro atoms. The lowest BCUT2D eigenvalue weighted by Crippen LogP contribution is -2.37. The molecule has 8 nitrogen and oxygen atoms in total. The van der Waals surface area contributed by atoms with Crippen LogP contribution >= 0.6 is 0 Å². The second-order valence-corrected chi connectivity index (χ2v) is 8.72. The number of hydrogen-bond donors (Lipinski definition) is 0. The van der Waals surface area contributed by atoms with Gasteiger partial charge >= 0.3 is 0 Å². The first-order chi connectivity index (χ1) is 18.5. The molecule has 5 rings (SSSR count). The highest BCUT2D eigenvalue weighted by molar-refractivity contribution is 5.95. The second-order valence-electron chi connectivity index (χ2n) is 8.72. The molecule has 0 aliphatic rings. The van der Waals surface area contributed by atoms with Crippen LogP contribution < -0.4 is 15.0 Å². The third kappa shape index (κ3) is 4.64. The standard InChI is InChI=1S/C30H27N3O5/c1-20(32(19-23-12-9-17-38-23)29(34)21-10-8-11-22(18-21)36-2)28-31-25-14-5-4-13-24(25)30(35)33(28)26-15-6-7-16-27(26)37-3/h4-18,20H,19H2,1-3H3. The number of carbonyl (C=O) groups is 1. The van der Waals surface area contributed by atoms with Gasteiger partial charge in [0.25, 0.3) is 11.5 Å². The number of nitrogens with zero attached hydrogens (tertiary/aromatic N) is 3. The summed E-state index contributed by atoms with van der Waals surface area (Å²) in [6, 6.07) is 24.3. The summed E-state index contributed by atoms with van der Waals surface area (Å²) in [4.78, 5) is 34.4. The minimum absolute atomic E-state index is 0.166. The van der Waals surface area contributed by atoms with E-state index < -0.39 is 6.04 Å². The molecule has 192 valence electrons. The monoisotopic (exact) mass is 509 g/mol. The topological polar surface area (TPSA) is 86.8 Å². The van der Waals surface area contributed by atoms with Gasteiger partial charge < -0.3 is 18.8 Å². The zero-order chi connectivity index (χ0) is 26.6. The molecule has 2 heterocycles. The Morgan fingerprint density at radius 3 is 2.53 bits per heavy atom. The molecule has 0 fully saturated rings. The van der Waals surface area contributed by atoms with Crippen LogP contribution in [0.5, 0.6) is 11.5 Å². The maximum atomic E-state index is 14.0. The van der Waals surface area contributed by atoms with Crippen molar-refractivity contribution < 1.29 is 18.7 Å². The number of aromatic nitrogens is 2. The van der Waals surface area contributed by atoms with E-state index in [9.17, 15) is 9.59 Å². The molecule has 3 aromatic carbocycles. The van der Waals surface area contributed by atoms with Crippen molar-refractivity contribution in [1.82, 2.24) is 14.5 Å². The van der Waals surface area contributed by atoms with Crippen LogP contribution in [0.15, 0.2) is 100 Å². The number of ether oxygens (including phenoxy) is 2. The Hall–Kier alpha value is -4.85. The number of amides is 1. The van der Waals surface area contributed by atoms with Gasteiger partial charge in [-0.15, -0.1) is 0 Å². The first kappa shape index (κ1) is 24.8. The van der Waals surface area contributed by atoms with Gasteiger partial charge in [-0.3, -0.25) is 14.2 Å². The number of hydrogen-bond acceptors (Lipinski definition) is 6. The Balaban J connectivity index is 1.72. The average molecular weight is 510 g/mol. The Kier molecular flexibility index (Phi) is 6.95. The fraction of sp³-hybridized carbons (Fsp3) is 0.167. The number of methoxy groups -OCH3 is 2. The van der Waals surface area contributed by atoms with Crippen LogP contribution in [0.2, 0.25) is 0 Å². The summed E-state index contributed by atoms with van der Waals surface area (Å²) in [7, 11) is 3.11. The molecule has 0 saturated heterocycles. The van der Waals surface area contributed by atoms with Crippen molar-refractivity contribution in [3.63, 3.8) is 0 Å². The van der Waals surface area contributed by atoms with Crippen LogP contribution in [-0.2, 0) is 6.54 Å². The minimum atomic E-state index is -0.638. The molecule has 5 aromatic rings. The van der Waals surface area contributed by atoms with Crippen molar-refractivity contribution in [3.05, 3.63) is 119 Å². The van der Waals surface area contributed by atoms with E-state index in [-0.39, 0.29) is 18.0 Å². The van der Waals surface area contributed by atoms with Gasteiger partial charge in [0.1, 0.15) is 23.1 Å². The molecule has 2 aromatic heterocycles. The van der Waals surface area contributed by atoms with Crippen molar-refractivity contribution in [2.24, 2.45) is 0 Å². The lowest BCUT2D eigenvalue weighted by atomic mass is 10.1. The molecule has 0 saturated carbocycles. The molecule has 1 atom stereocenters. The molecule has 0 aliphatic carbocycles. The molecule has 1 amide bonds. The van der Waals surface area contributed by atoms with E-state index in [0.717, 1.165) is 0 Å². The van der Waals surface area contributed by atoms with E-state index in [2.05, 4.69) is 0 Å². The summed E-state index contributed by atoms with van der Waals surface area (Å²) in [5, 5.41) is 0.464. The van der Waals surface area contributed by atoms with Gasteiger partial charge in [-0.25, -0.2) is 4.98 Å². The summed E-state index contributed by atoms with van der Waals surface area (Å²) < 4.78 is 18.1. The third-order valence-corrected chi connectivity index (χ3v) is 6.45. The van der Waals surface area contributed by atoms with Gasteiger partial charge in [-0.1, -0.05) is 30.3 Å². The zero-order valence-corrected chi connectivity index (χ0v) is 21.3. The van der Waals surface area contributed by atoms with Crippen LogP contribution in [0.4, 0.5) is 0 Å². The molecular weight excluding hydrogens is 482 g/mol. The summed E-state index contributed by atoms with van der Waals surface area (Å²) >= 11 is 0. The first-order valence-electron chi connectivity index (χ1n) is 12.1. The van der Waals surface area contributed by atoms with E-state index in [4.69, 9.17) is 18.9 Å². The highest BCUT2D eigenvalue weighted by atomic mass is 16.5. The molecule has 38 heavy (non-hydrogen) atoms. The van der Waals surface area contributed by atoms with Crippen molar-refractivity contribution in [1.29, 1.82) is 0 Å². The number of para-hydroxylation sites is 3. The second kappa shape index (κ2) is 10.6. The van der Waals surface area contributed by atoms with Gasteiger partial charge in [0.15, 0.2) is 0 Å². The molecule has 0 N–H and O–H groups in total. The predicted molar refractivity (Wildman–Crippen MR) is 144 cm³/mol. The third-order valence-electron chi connectivity index (χ3n) is 6.45. The number of benzene rings is 3. The maximum Gasteiger partial charge on any atom is 0.266 e. The van der Waals surface area contributed by atoms with Crippen LogP contribution in [0.25, 0.3) is 16.6 Å². The number of furan rings is 1. The highest BCUT2D eigenvalue weighted by Gasteiger charge is 2.29. The maximum absolute atomic E-state index is 14.0. The quantitative estimate of drug-likeness (QED) is 0.278. The van der Waals surface area contributed by atoms with Crippen molar-refractivity contribution in [2.75, 3.05) is 14.2 Å². The normalized spacial score (nSPS) is 11.8. The van der Waals surface area contributed by atoms with E-state index >= 15 is 0 Å². The van der Waals surface area contributed by atoms with E-state index in [1.54, 1.807) is 92.1 Å². The van der Waals surface area contributed by atoms with E-state index in [1.165, 1.54) is 4.57 Å².